The first-order chi connectivity index (χ1) is 8.99. The lowest BCUT2D eigenvalue weighted by molar-refractivity contribution is -0.0983. The molecule has 0 bridgehead atoms. The molecule has 2 N–H and O–H groups in total. The summed E-state index contributed by atoms with van der Waals surface area (Å²) in [6.07, 6.45) is 0. The Bertz CT molecular complexity index is 486. The quantitative estimate of drug-likeness (QED) is 0.800. The molecule has 0 fully saturated rings. The fourth-order valence-electron chi connectivity index (χ4n) is 1.38. The molecule has 7 heteroatoms. The second-order valence-electron chi connectivity index (χ2n) is 5.55. The smallest absolute Gasteiger partial charge is 0.494 e. The van der Waals surface area contributed by atoms with Crippen molar-refractivity contribution in [3.63, 3.8) is 0 Å². The molecule has 0 spiro atoms. The van der Waals surface area contributed by atoms with Crippen molar-refractivity contribution in [1.29, 1.82) is 0 Å². The minimum Gasteiger partial charge on any atom is -0.494 e. The molecular weight excluding hydrogens is 269 g/mol. The van der Waals surface area contributed by atoms with E-state index in [9.17, 15) is 18.9 Å². The van der Waals surface area contributed by atoms with Crippen LogP contribution in [0.15, 0.2) is 12.1 Å². The van der Waals surface area contributed by atoms with Gasteiger partial charge in [0.2, 0.25) is 0 Å². The van der Waals surface area contributed by atoms with Gasteiger partial charge in [0.1, 0.15) is 5.82 Å². The van der Waals surface area contributed by atoms with Crippen LogP contribution in [-0.4, -0.2) is 35.6 Å². The Balaban J connectivity index is 3.07. The van der Waals surface area contributed by atoms with E-state index in [1.165, 1.54) is 21.0 Å². The summed E-state index contributed by atoms with van der Waals surface area (Å²) in [5.41, 5.74) is -2.68. The van der Waals surface area contributed by atoms with Crippen LogP contribution < -0.4 is 10.2 Å². The molecule has 1 aromatic rings. The number of aliphatic hydroxyl groups is 1. The predicted molar refractivity (Wildman–Crippen MR) is 72.0 cm³/mol. The molecule has 1 rings (SSSR count). The second kappa shape index (κ2) is 5.67. The topological polar surface area (TPSA) is 58.9 Å². The van der Waals surface area contributed by atoms with Gasteiger partial charge in [-0.25, -0.2) is 8.78 Å². The predicted octanol–water partition coefficient (Wildman–Crippen LogP) is 1.23. The first kappa shape index (κ1) is 16.9. The van der Waals surface area contributed by atoms with E-state index in [4.69, 9.17) is 9.39 Å². The van der Waals surface area contributed by atoms with Crippen molar-refractivity contribution in [3.8, 4) is 5.75 Å². The highest BCUT2D eigenvalue weighted by atomic mass is 19.1. The van der Waals surface area contributed by atoms with E-state index in [1.807, 2.05) is 0 Å². The summed E-state index contributed by atoms with van der Waals surface area (Å²) in [6, 6.07) is 1.63. The van der Waals surface area contributed by atoms with E-state index < -0.39 is 30.0 Å². The van der Waals surface area contributed by atoms with Crippen molar-refractivity contribution in [3.05, 3.63) is 23.8 Å². The van der Waals surface area contributed by atoms with Gasteiger partial charge in [0.05, 0.1) is 18.3 Å². The molecule has 112 valence electrons. The van der Waals surface area contributed by atoms with Crippen LogP contribution in [-0.2, 0) is 4.65 Å². The van der Waals surface area contributed by atoms with E-state index in [0.29, 0.717) is 6.07 Å². The monoisotopic (exact) mass is 288 g/mol. The second-order valence-corrected chi connectivity index (χ2v) is 5.55. The van der Waals surface area contributed by atoms with Crippen molar-refractivity contribution in [1.82, 2.24) is 0 Å². The van der Waals surface area contributed by atoms with Gasteiger partial charge in [-0.05, 0) is 33.8 Å². The maximum absolute atomic E-state index is 13.7. The molecule has 1 aromatic carbocycles. The van der Waals surface area contributed by atoms with Gasteiger partial charge in [-0.3, -0.25) is 0 Å². The first-order valence-corrected chi connectivity index (χ1v) is 6.11. The Morgan fingerprint density at radius 1 is 1.10 bits per heavy atom. The summed E-state index contributed by atoms with van der Waals surface area (Å²) in [7, 11) is -0.431. The largest absolute Gasteiger partial charge is 0.494 e. The Morgan fingerprint density at radius 2 is 1.65 bits per heavy atom. The zero-order valence-corrected chi connectivity index (χ0v) is 12.2. The van der Waals surface area contributed by atoms with E-state index in [2.05, 4.69) is 0 Å². The van der Waals surface area contributed by atoms with E-state index in [-0.39, 0.29) is 11.2 Å². The third-order valence-electron chi connectivity index (χ3n) is 3.42. The van der Waals surface area contributed by atoms with E-state index >= 15 is 0 Å². The Hall–Kier alpha value is -1.18. The van der Waals surface area contributed by atoms with Gasteiger partial charge in [-0.15, -0.1) is 0 Å². The highest BCUT2D eigenvalue weighted by molar-refractivity contribution is 6.60. The summed E-state index contributed by atoms with van der Waals surface area (Å²) >= 11 is 0. The molecule has 0 aliphatic rings. The molecular formula is C13H19BF2O4. The Morgan fingerprint density at radius 3 is 2.10 bits per heavy atom. The van der Waals surface area contributed by atoms with Crippen LogP contribution in [0.1, 0.15) is 27.7 Å². The maximum atomic E-state index is 13.7. The lowest BCUT2D eigenvalue weighted by Crippen LogP contribution is -2.53. The lowest BCUT2D eigenvalue weighted by atomic mass is 9.76. The van der Waals surface area contributed by atoms with Crippen molar-refractivity contribution in [2.24, 2.45) is 0 Å². The number of hydrogen-bond acceptors (Lipinski definition) is 4. The molecule has 0 aliphatic carbocycles. The van der Waals surface area contributed by atoms with Crippen molar-refractivity contribution in [2.45, 2.75) is 38.9 Å². The summed E-state index contributed by atoms with van der Waals surface area (Å²) in [5.74, 6) is -2.03. The molecule has 0 aromatic heterocycles. The van der Waals surface area contributed by atoms with Crippen LogP contribution in [0.2, 0.25) is 0 Å². The average molecular weight is 288 g/mol. The van der Waals surface area contributed by atoms with Gasteiger partial charge in [0.15, 0.2) is 11.6 Å². The first-order valence-electron chi connectivity index (χ1n) is 6.11. The standard InChI is InChI=1S/C13H19BF2O4/c1-12(2,17)13(3,4)20-14(18)8-6-11(19-5)10(16)7-9(8)15/h6-7,17-18H,1-5H3. The lowest BCUT2D eigenvalue weighted by Gasteiger charge is -2.38. The highest BCUT2D eigenvalue weighted by Gasteiger charge is 2.40. The van der Waals surface area contributed by atoms with Gasteiger partial charge >= 0.3 is 7.12 Å². The number of rotatable bonds is 5. The number of benzene rings is 1. The van der Waals surface area contributed by atoms with Crippen LogP contribution in [0, 0.1) is 11.6 Å². The third-order valence-corrected chi connectivity index (χ3v) is 3.42. The van der Waals surface area contributed by atoms with Gasteiger partial charge in [0.25, 0.3) is 0 Å². The molecule has 4 nitrogen and oxygen atoms in total. The molecule has 0 amide bonds. The summed E-state index contributed by atoms with van der Waals surface area (Å²) < 4.78 is 37.0. The number of ether oxygens (including phenoxy) is 1. The molecule has 20 heavy (non-hydrogen) atoms. The van der Waals surface area contributed by atoms with Crippen molar-refractivity contribution in [2.75, 3.05) is 7.11 Å². The zero-order chi connectivity index (χ0) is 15.7. The molecule has 0 atom stereocenters. The van der Waals surface area contributed by atoms with Gasteiger partial charge in [0, 0.05) is 11.5 Å². The normalized spacial score (nSPS) is 12.4. The molecule has 0 saturated carbocycles. The minimum atomic E-state index is -1.66. The SMILES string of the molecule is COc1cc(B(O)OC(C)(C)C(C)(C)O)c(F)cc1F. The van der Waals surface area contributed by atoms with Gasteiger partial charge in [-0.1, -0.05) is 0 Å². The Labute approximate surface area is 117 Å². The highest BCUT2D eigenvalue weighted by Crippen LogP contribution is 2.26. The van der Waals surface area contributed by atoms with Gasteiger partial charge in [-0.2, -0.15) is 0 Å². The van der Waals surface area contributed by atoms with E-state index in [0.717, 1.165) is 6.07 Å². The van der Waals surface area contributed by atoms with E-state index in [1.54, 1.807) is 13.8 Å². The van der Waals surface area contributed by atoms with Crippen LogP contribution in [0.3, 0.4) is 0 Å². The fraction of sp³-hybridized carbons (Fsp3) is 0.538. The van der Waals surface area contributed by atoms with Gasteiger partial charge < -0.3 is 19.5 Å². The van der Waals surface area contributed by atoms with Crippen LogP contribution in [0.4, 0.5) is 8.78 Å². The van der Waals surface area contributed by atoms with Crippen molar-refractivity contribution >= 4 is 12.6 Å². The maximum Gasteiger partial charge on any atom is 0.494 e. The van der Waals surface area contributed by atoms with Crippen molar-refractivity contribution < 1.29 is 28.3 Å². The zero-order valence-electron chi connectivity index (χ0n) is 12.2. The Kier molecular flexibility index (Phi) is 4.79. The molecule has 0 radical (unpaired) electrons. The average Bonchev–Trinajstić information content (AvgIpc) is 2.26. The molecule has 0 saturated heterocycles. The molecule has 0 unspecified atom stereocenters. The van der Waals surface area contributed by atoms with Crippen LogP contribution >= 0.6 is 0 Å². The number of halogens is 2. The molecule has 0 heterocycles. The summed E-state index contributed by atoms with van der Waals surface area (Å²) in [5, 5.41) is 19.9. The number of hydrogen-bond donors (Lipinski definition) is 2. The third kappa shape index (κ3) is 3.47. The number of methoxy groups -OCH3 is 1. The summed E-state index contributed by atoms with van der Waals surface area (Å²) in [4.78, 5) is 0. The molecule has 0 aliphatic heterocycles. The van der Waals surface area contributed by atoms with Crippen LogP contribution in [0.5, 0.6) is 5.75 Å². The fourth-order valence-corrected chi connectivity index (χ4v) is 1.38. The van der Waals surface area contributed by atoms with Crippen LogP contribution in [0.25, 0.3) is 0 Å². The summed E-state index contributed by atoms with van der Waals surface area (Å²) in [6.45, 7) is 6.10. The minimum absolute atomic E-state index is 0.204.